The van der Waals surface area contributed by atoms with Crippen molar-refractivity contribution in [2.75, 3.05) is 5.75 Å². The van der Waals surface area contributed by atoms with E-state index in [4.69, 9.17) is 0 Å². The minimum atomic E-state index is -0.949. The van der Waals surface area contributed by atoms with Crippen molar-refractivity contribution in [2.24, 2.45) is 0 Å². The Labute approximate surface area is 98.9 Å². The molecule has 0 fully saturated rings. The van der Waals surface area contributed by atoms with Crippen LogP contribution in [-0.4, -0.2) is 16.1 Å². The van der Waals surface area contributed by atoms with Crippen molar-refractivity contribution in [1.82, 2.24) is 0 Å². The van der Waals surface area contributed by atoms with Gasteiger partial charge in [0.05, 0.1) is 6.10 Å². The van der Waals surface area contributed by atoms with E-state index in [2.05, 4.69) is 0 Å². The summed E-state index contributed by atoms with van der Waals surface area (Å²) < 4.78 is 26.2. The summed E-state index contributed by atoms with van der Waals surface area (Å²) in [6.45, 7) is 4.09. The van der Waals surface area contributed by atoms with E-state index in [1.165, 1.54) is 0 Å². The average molecular weight is 246 g/mol. The van der Waals surface area contributed by atoms with Crippen LogP contribution in [0.2, 0.25) is 0 Å². The van der Waals surface area contributed by atoms with E-state index in [1.807, 2.05) is 13.8 Å². The Kier molecular flexibility index (Phi) is 5.22. The van der Waals surface area contributed by atoms with E-state index in [9.17, 15) is 13.9 Å². The summed E-state index contributed by atoms with van der Waals surface area (Å²) in [5.41, 5.74) is 0.0378. The summed E-state index contributed by atoms with van der Waals surface area (Å²) in [5, 5.41) is 10.2. The molecule has 0 spiro atoms. The fourth-order valence-corrected chi connectivity index (χ4v) is 2.16. The van der Waals surface area contributed by atoms with Gasteiger partial charge in [0.25, 0.3) is 0 Å². The number of thioether (sulfide) groups is 1. The number of hydrogen-bond donors (Lipinski definition) is 1. The number of benzene rings is 1. The summed E-state index contributed by atoms with van der Waals surface area (Å²) in [4.78, 5) is 0. The summed E-state index contributed by atoms with van der Waals surface area (Å²) >= 11 is 1.55. The summed E-state index contributed by atoms with van der Waals surface area (Å²) in [7, 11) is 0. The Morgan fingerprint density at radius 1 is 1.38 bits per heavy atom. The Balaban J connectivity index is 2.65. The zero-order valence-electron chi connectivity index (χ0n) is 9.41. The van der Waals surface area contributed by atoms with E-state index in [0.29, 0.717) is 11.0 Å². The van der Waals surface area contributed by atoms with Crippen LogP contribution >= 0.6 is 11.8 Å². The van der Waals surface area contributed by atoms with Gasteiger partial charge in [-0.25, -0.2) is 8.78 Å². The van der Waals surface area contributed by atoms with Crippen molar-refractivity contribution in [3.05, 3.63) is 35.4 Å². The zero-order chi connectivity index (χ0) is 12.1. The van der Waals surface area contributed by atoms with Crippen LogP contribution in [0, 0.1) is 11.6 Å². The number of hydrogen-bond acceptors (Lipinski definition) is 2. The van der Waals surface area contributed by atoms with Gasteiger partial charge in [-0.05, 0) is 24.6 Å². The second kappa shape index (κ2) is 6.21. The standard InChI is InChI=1S/C12H16F2OS/c1-3-8(2)16-7-12(15)10-6-9(13)4-5-11(10)14/h4-6,8,12,15H,3,7H2,1-2H3. The number of aliphatic hydroxyl groups excluding tert-OH is 1. The SMILES string of the molecule is CCC(C)SCC(O)c1cc(F)ccc1F. The lowest BCUT2D eigenvalue weighted by molar-refractivity contribution is 0.198. The normalized spacial score (nSPS) is 14.8. The largest absolute Gasteiger partial charge is 0.387 e. The number of rotatable bonds is 5. The van der Waals surface area contributed by atoms with Crippen LogP contribution in [0.15, 0.2) is 18.2 Å². The Morgan fingerprint density at radius 3 is 2.69 bits per heavy atom. The number of halogens is 2. The van der Waals surface area contributed by atoms with Gasteiger partial charge in [-0.1, -0.05) is 13.8 Å². The van der Waals surface area contributed by atoms with E-state index in [0.717, 1.165) is 24.6 Å². The van der Waals surface area contributed by atoms with Crippen LogP contribution in [0.25, 0.3) is 0 Å². The highest BCUT2D eigenvalue weighted by Gasteiger charge is 2.14. The molecule has 1 rings (SSSR count). The van der Waals surface area contributed by atoms with Gasteiger partial charge >= 0.3 is 0 Å². The topological polar surface area (TPSA) is 20.2 Å². The number of aliphatic hydroxyl groups is 1. The van der Waals surface area contributed by atoms with Gasteiger partial charge in [0, 0.05) is 16.6 Å². The molecular weight excluding hydrogens is 230 g/mol. The van der Waals surface area contributed by atoms with Gasteiger partial charge in [0.15, 0.2) is 0 Å². The van der Waals surface area contributed by atoms with E-state index < -0.39 is 17.7 Å². The maximum absolute atomic E-state index is 13.3. The molecule has 0 aromatic heterocycles. The van der Waals surface area contributed by atoms with Gasteiger partial charge in [-0.15, -0.1) is 0 Å². The zero-order valence-corrected chi connectivity index (χ0v) is 10.2. The molecule has 1 aromatic carbocycles. The van der Waals surface area contributed by atoms with Crippen LogP contribution in [0.4, 0.5) is 8.78 Å². The molecule has 0 amide bonds. The Hall–Kier alpha value is -0.610. The molecule has 0 heterocycles. The van der Waals surface area contributed by atoms with Gasteiger partial charge < -0.3 is 5.11 Å². The van der Waals surface area contributed by atoms with Crippen LogP contribution in [-0.2, 0) is 0 Å². The van der Waals surface area contributed by atoms with Crippen LogP contribution in [0.3, 0.4) is 0 Å². The maximum atomic E-state index is 13.3. The minimum Gasteiger partial charge on any atom is -0.387 e. The second-order valence-electron chi connectivity index (χ2n) is 3.73. The smallest absolute Gasteiger partial charge is 0.129 e. The molecule has 0 radical (unpaired) electrons. The highest BCUT2D eigenvalue weighted by atomic mass is 32.2. The van der Waals surface area contributed by atoms with Crippen LogP contribution in [0.1, 0.15) is 31.9 Å². The van der Waals surface area contributed by atoms with Crippen LogP contribution in [0.5, 0.6) is 0 Å². The van der Waals surface area contributed by atoms with Gasteiger partial charge in [-0.3, -0.25) is 0 Å². The monoisotopic (exact) mass is 246 g/mol. The molecule has 2 unspecified atom stereocenters. The molecular formula is C12H16F2OS. The highest BCUT2D eigenvalue weighted by molar-refractivity contribution is 7.99. The lowest BCUT2D eigenvalue weighted by atomic mass is 10.1. The fraction of sp³-hybridized carbons (Fsp3) is 0.500. The molecule has 1 aromatic rings. The summed E-state index contributed by atoms with van der Waals surface area (Å²) in [6, 6.07) is 3.15. The first kappa shape index (κ1) is 13.5. The Bertz CT molecular complexity index is 344. The van der Waals surface area contributed by atoms with Gasteiger partial charge in [-0.2, -0.15) is 11.8 Å². The quantitative estimate of drug-likeness (QED) is 0.857. The molecule has 0 aliphatic rings. The first-order chi connectivity index (χ1) is 7.54. The summed E-state index contributed by atoms with van der Waals surface area (Å²) in [5.74, 6) is -0.697. The maximum Gasteiger partial charge on any atom is 0.129 e. The molecule has 0 saturated heterocycles. The van der Waals surface area contributed by atoms with E-state index in [-0.39, 0.29) is 5.56 Å². The third-order valence-electron chi connectivity index (χ3n) is 2.43. The molecule has 16 heavy (non-hydrogen) atoms. The van der Waals surface area contributed by atoms with Gasteiger partial charge in [0.1, 0.15) is 11.6 Å². The molecule has 0 saturated carbocycles. The third-order valence-corrected chi connectivity index (χ3v) is 3.84. The van der Waals surface area contributed by atoms with Crippen molar-refractivity contribution in [3.8, 4) is 0 Å². The lowest BCUT2D eigenvalue weighted by Gasteiger charge is -2.14. The summed E-state index contributed by atoms with van der Waals surface area (Å²) in [6.07, 6.45) is 0.0398. The molecule has 2 atom stereocenters. The predicted octanol–water partition coefficient (Wildman–Crippen LogP) is 3.53. The highest BCUT2D eigenvalue weighted by Crippen LogP contribution is 2.24. The first-order valence-corrected chi connectivity index (χ1v) is 6.34. The molecule has 0 bridgehead atoms. The first-order valence-electron chi connectivity index (χ1n) is 5.29. The minimum absolute atomic E-state index is 0.0378. The van der Waals surface area contributed by atoms with Crippen molar-refractivity contribution in [3.63, 3.8) is 0 Å². The van der Waals surface area contributed by atoms with E-state index in [1.54, 1.807) is 11.8 Å². The van der Waals surface area contributed by atoms with Crippen LogP contribution < -0.4 is 0 Å². The van der Waals surface area contributed by atoms with E-state index >= 15 is 0 Å². The van der Waals surface area contributed by atoms with Crippen molar-refractivity contribution < 1.29 is 13.9 Å². The third kappa shape index (κ3) is 3.76. The van der Waals surface area contributed by atoms with Crippen molar-refractivity contribution in [1.29, 1.82) is 0 Å². The second-order valence-corrected chi connectivity index (χ2v) is 5.21. The molecule has 0 aliphatic heterocycles. The Morgan fingerprint density at radius 2 is 2.06 bits per heavy atom. The average Bonchev–Trinajstić information content (AvgIpc) is 2.28. The molecule has 0 aliphatic carbocycles. The lowest BCUT2D eigenvalue weighted by Crippen LogP contribution is -2.07. The van der Waals surface area contributed by atoms with Crippen molar-refractivity contribution in [2.45, 2.75) is 31.6 Å². The predicted molar refractivity (Wildman–Crippen MR) is 63.5 cm³/mol. The fourth-order valence-electron chi connectivity index (χ4n) is 1.23. The van der Waals surface area contributed by atoms with Gasteiger partial charge in [0.2, 0.25) is 0 Å². The molecule has 90 valence electrons. The molecule has 4 heteroatoms. The van der Waals surface area contributed by atoms with Crippen molar-refractivity contribution >= 4 is 11.8 Å². The molecule has 1 nitrogen and oxygen atoms in total. The molecule has 1 N–H and O–H groups in total.